The highest BCUT2D eigenvalue weighted by atomic mass is 19.3. The van der Waals surface area contributed by atoms with E-state index in [2.05, 4.69) is 10.2 Å². The van der Waals surface area contributed by atoms with Gasteiger partial charge in [0.2, 0.25) is 5.91 Å². The number of carbonyl (C=O) groups is 1. The van der Waals surface area contributed by atoms with Gasteiger partial charge in [-0.1, -0.05) is 0 Å². The molecular formula is C15H19F2N5O. The van der Waals surface area contributed by atoms with Crippen LogP contribution in [0.1, 0.15) is 35.5 Å². The number of nitrogens with zero attached hydrogens (tertiary/aromatic N) is 5. The Morgan fingerprint density at radius 1 is 1.43 bits per heavy atom. The number of fused-ring (bicyclic) bond motifs is 1. The smallest absolute Gasteiger partial charge is 0.280 e. The van der Waals surface area contributed by atoms with E-state index in [4.69, 9.17) is 0 Å². The first-order valence-corrected chi connectivity index (χ1v) is 7.55. The summed E-state index contributed by atoms with van der Waals surface area (Å²) < 4.78 is 28.9. The van der Waals surface area contributed by atoms with Gasteiger partial charge in [-0.25, -0.2) is 8.78 Å². The lowest BCUT2D eigenvalue weighted by molar-refractivity contribution is -0.132. The molecule has 1 aliphatic rings. The Hall–Kier alpha value is -2.25. The monoisotopic (exact) mass is 323 g/mol. The van der Waals surface area contributed by atoms with Gasteiger partial charge in [-0.05, 0) is 25.8 Å². The fraction of sp³-hybridized carbons (Fsp3) is 0.533. The third-order valence-corrected chi connectivity index (χ3v) is 4.15. The van der Waals surface area contributed by atoms with Crippen molar-refractivity contribution in [3.05, 3.63) is 34.9 Å². The van der Waals surface area contributed by atoms with Crippen molar-refractivity contribution in [1.29, 1.82) is 0 Å². The first-order valence-electron chi connectivity index (χ1n) is 7.55. The first kappa shape index (κ1) is 15.6. The van der Waals surface area contributed by atoms with Crippen molar-refractivity contribution >= 4 is 5.91 Å². The molecule has 6 nitrogen and oxygen atoms in total. The van der Waals surface area contributed by atoms with Gasteiger partial charge in [0.25, 0.3) is 6.43 Å². The molecule has 124 valence electrons. The maximum absolute atomic E-state index is 13.0. The number of carbonyl (C=O) groups excluding carboxylic acids is 1. The molecule has 0 radical (unpaired) electrons. The van der Waals surface area contributed by atoms with Crippen LogP contribution in [0.25, 0.3) is 0 Å². The quantitative estimate of drug-likeness (QED) is 0.866. The van der Waals surface area contributed by atoms with Crippen LogP contribution in [0.3, 0.4) is 0 Å². The van der Waals surface area contributed by atoms with Gasteiger partial charge < -0.3 is 4.90 Å². The van der Waals surface area contributed by atoms with E-state index in [-0.39, 0.29) is 18.1 Å². The minimum atomic E-state index is -2.64. The van der Waals surface area contributed by atoms with Crippen LogP contribution in [0, 0.1) is 6.92 Å². The number of halogens is 2. The lowest BCUT2D eigenvalue weighted by Gasteiger charge is -2.20. The van der Waals surface area contributed by atoms with E-state index < -0.39 is 6.43 Å². The zero-order valence-electron chi connectivity index (χ0n) is 13.2. The number of hydrogen-bond donors (Lipinski definition) is 0. The Labute approximate surface area is 132 Å². The molecule has 23 heavy (non-hydrogen) atoms. The standard InChI is InChI=1S/C15H19F2N5O/c1-10-6-13(15(16)17)22(19-10)9-14(23)21-5-3-4-12-11(8-21)7-18-20(12)2/h6-7,15H,3-5,8-9H2,1-2H3. The van der Waals surface area contributed by atoms with Gasteiger partial charge in [-0.2, -0.15) is 10.2 Å². The molecule has 0 aliphatic carbocycles. The maximum atomic E-state index is 13.0. The van der Waals surface area contributed by atoms with Gasteiger partial charge >= 0.3 is 0 Å². The minimum absolute atomic E-state index is 0.164. The molecule has 2 aromatic heterocycles. The fourth-order valence-electron chi connectivity index (χ4n) is 2.99. The molecule has 3 rings (SSSR count). The topological polar surface area (TPSA) is 56.0 Å². The van der Waals surface area contributed by atoms with E-state index in [0.717, 1.165) is 28.8 Å². The molecule has 3 heterocycles. The third kappa shape index (κ3) is 3.11. The van der Waals surface area contributed by atoms with Gasteiger partial charge in [-0.15, -0.1) is 0 Å². The number of alkyl halides is 2. The molecule has 1 aliphatic heterocycles. The van der Waals surface area contributed by atoms with Crippen LogP contribution in [-0.4, -0.2) is 36.9 Å². The predicted molar refractivity (Wildman–Crippen MR) is 78.9 cm³/mol. The molecule has 1 amide bonds. The summed E-state index contributed by atoms with van der Waals surface area (Å²) in [7, 11) is 1.89. The summed E-state index contributed by atoms with van der Waals surface area (Å²) in [5.74, 6) is -0.202. The zero-order chi connectivity index (χ0) is 16.6. The summed E-state index contributed by atoms with van der Waals surface area (Å²) in [6.07, 6.45) is 0.818. The van der Waals surface area contributed by atoms with Crippen molar-refractivity contribution in [2.24, 2.45) is 7.05 Å². The van der Waals surface area contributed by atoms with Crippen molar-refractivity contribution in [1.82, 2.24) is 24.5 Å². The number of amides is 1. The average Bonchev–Trinajstić information content (AvgIpc) is 2.94. The summed E-state index contributed by atoms with van der Waals surface area (Å²) in [5.41, 5.74) is 2.42. The van der Waals surface area contributed by atoms with Gasteiger partial charge in [0.15, 0.2) is 0 Å². The van der Waals surface area contributed by atoms with Crippen LogP contribution in [-0.2, 0) is 31.4 Å². The van der Waals surface area contributed by atoms with E-state index in [9.17, 15) is 13.6 Å². The molecule has 0 spiro atoms. The molecule has 0 aromatic carbocycles. The molecule has 0 N–H and O–H groups in total. The lowest BCUT2D eigenvalue weighted by Crippen LogP contribution is -2.34. The summed E-state index contributed by atoms with van der Waals surface area (Å²) in [6.45, 7) is 2.55. The average molecular weight is 323 g/mol. The van der Waals surface area contributed by atoms with Crippen molar-refractivity contribution < 1.29 is 13.6 Å². The molecule has 0 saturated carbocycles. The van der Waals surface area contributed by atoms with Crippen LogP contribution in [0.15, 0.2) is 12.3 Å². The van der Waals surface area contributed by atoms with Gasteiger partial charge in [-0.3, -0.25) is 14.2 Å². The number of hydrogen-bond acceptors (Lipinski definition) is 3. The molecule has 0 bridgehead atoms. The number of aromatic nitrogens is 4. The normalized spacial score (nSPS) is 14.9. The van der Waals surface area contributed by atoms with Crippen LogP contribution in [0.5, 0.6) is 0 Å². The first-order chi connectivity index (χ1) is 11.0. The van der Waals surface area contributed by atoms with E-state index in [1.165, 1.54) is 6.07 Å². The lowest BCUT2D eigenvalue weighted by atomic mass is 10.2. The highest BCUT2D eigenvalue weighted by molar-refractivity contribution is 5.76. The van der Waals surface area contributed by atoms with E-state index in [1.54, 1.807) is 18.0 Å². The van der Waals surface area contributed by atoms with E-state index >= 15 is 0 Å². The molecule has 0 atom stereocenters. The van der Waals surface area contributed by atoms with Crippen LogP contribution < -0.4 is 0 Å². The Kier molecular flexibility index (Phi) is 4.14. The number of aryl methyl sites for hydroxylation is 2. The highest BCUT2D eigenvalue weighted by Gasteiger charge is 2.23. The van der Waals surface area contributed by atoms with Gasteiger partial charge in [0, 0.05) is 31.4 Å². The Balaban J connectivity index is 1.76. The summed E-state index contributed by atoms with van der Waals surface area (Å²) >= 11 is 0. The second-order valence-corrected chi connectivity index (χ2v) is 5.83. The fourth-order valence-corrected chi connectivity index (χ4v) is 2.99. The van der Waals surface area contributed by atoms with E-state index in [0.29, 0.717) is 18.8 Å². The molecule has 0 unspecified atom stereocenters. The maximum Gasteiger partial charge on any atom is 0.280 e. The van der Waals surface area contributed by atoms with Crippen LogP contribution >= 0.6 is 0 Å². The highest BCUT2D eigenvalue weighted by Crippen LogP contribution is 2.21. The Bertz CT molecular complexity index is 722. The van der Waals surface area contributed by atoms with Crippen LogP contribution in [0.2, 0.25) is 0 Å². The van der Waals surface area contributed by atoms with Gasteiger partial charge in [0.05, 0.1) is 11.9 Å². The van der Waals surface area contributed by atoms with Crippen molar-refractivity contribution in [3.8, 4) is 0 Å². The van der Waals surface area contributed by atoms with Crippen molar-refractivity contribution in [3.63, 3.8) is 0 Å². The molecule has 0 saturated heterocycles. The molecule has 8 heteroatoms. The van der Waals surface area contributed by atoms with E-state index in [1.807, 2.05) is 11.7 Å². The molecular weight excluding hydrogens is 304 g/mol. The third-order valence-electron chi connectivity index (χ3n) is 4.15. The largest absolute Gasteiger partial charge is 0.337 e. The second-order valence-electron chi connectivity index (χ2n) is 5.83. The SMILES string of the molecule is Cc1cc(C(F)F)n(CC(=O)N2CCCc3c(cnn3C)C2)n1. The Morgan fingerprint density at radius 2 is 2.22 bits per heavy atom. The summed E-state index contributed by atoms with van der Waals surface area (Å²) in [5, 5.41) is 8.23. The molecule has 2 aromatic rings. The zero-order valence-corrected chi connectivity index (χ0v) is 13.2. The Morgan fingerprint density at radius 3 is 2.96 bits per heavy atom. The molecule has 0 fully saturated rings. The second kappa shape index (κ2) is 6.10. The van der Waals surface area contributed by atoms with Crippen molar-refractivity contribution in [2.45, 2.75) is 39.3 Å². The predicted octanol–water partition coefficient (Wildman–Crippen LogP) is 1.84. The minimum Gasteiger partial charge on any atom is -0.337 e. The van der Waals surface area contributed by atoms with Crippen molar-refractivity contribution in [2.75, 3.05) is 6.54 Å². The number of rotatable bonds is 3. The van der Waals surface area contributed by atoms with Crippen LogP contribution in [0.4, 0.5) is 8.78 Å². The summed E-state index contributed by atoms with van der Waals surface area (Å²) in [6, 6.07) is 1.32. The van der Waals surface area contributed by atoms with Gasteiger partial charge in [0.1, 0.15) is 12.2 Å². The summed E-state index contributed by atoms with van der Waals surface area (Å²) in [4.78, 5) is 14.2.